The molecule has 0 aliphatic rings. The Hall–Kier alpha value is -0.870. The number of carbonyl (C=O) groups is 1. The lowest BCUT2D eigenvalue weighted by atomic mass is 10.4. The Balaban J connectivity index is 3.84. The molecule has 2 N–H and O–H groups in total. The Morgan fingerprint density at radius 3 is 2.00 bits per heavy atom. The van der Waals surface area contributed by atoms with Crippen LogP contribution in [0, 0.1) is 0 Å². The van der Waals surface area contributed by atoms with Gasteiger partial charge in [0.25, 0.3) is 0 Å². The van der Waals surface area contributed by atoms with Crippen LogP contribution in [0.4, 0.5) is 0 Å². The fraction of sp³-hybridized carbons (Fsp3) is 0.727. The van der Waals surface area contributed by atoms with Crippen LogP contribution in [0.3, 0.4) is 0 Å². The number of hydrogen-bond acceptors (Lipinski definition) is 3. The van der Waals surface area contributed by atoms with Crippen LogP contribution in [0.5, 0.6) is 0 Å². The molecule has 0 radical (unpaired) electrons. The molecule has 15 heavy (non-hydrogen) atoms. The van der Waals surface area contributed by atoms with E-state index in [9.17, 15) is 4.79 Å². The number of nitrogens with zero attached hydrogens (tertiary/aromatic N) is 1. The Bertz CT molecular complexity index is 173. The molecule has 0 aromatic carbocycles. The smallest absolute Gasteiger partial charge is 0.248 e. The average Bonchev–Trinajstić information content (AvgIpc) is 2.26. The van der Waals surface area contributed by atoms with E-state index in [4.69, 9.17) is 0 Å². The normalized spacial score (nSPS) is 10.0. The van der Waals surface area contributed by atoms with Gasteiger partial charge in [0, 0.05) is 0 Å². The molecule has 0 rings (SSSR count). The van der Waals surface area contributed by atoms with E-state index in [1.165, 1.54) is 6.08 Å². The first kappa shape index (κ1) is 14.1. The third kappa shape index (κ3) is 7.11. The summed E-state index contributed by atoms with van der Waals surface area (Å²) >= 11 is 0. The molecule has 0 aliphatic carbocycles. The molecule has 0 atom stereocenters. The van der Waals surface area contributed by atoms with Crippen molar-refractivity contribution in [1.82, 2.24) is 15.5 Å². The van der Waals surface area contributed by atoms with Crippen LogP contribution in [-0.4, -0.2) is 37.2 Å². The van der Waals surface area contributed by atoms with E-state index in [0.717, 1.165) is 25.9 Å². The quantitative estimate of drug-likeness (QED) is 0.340. The summed E-state index contributed by atoms with van der Waals surface area (Å²) in [4.78, 5) is 13.1. The van der Waals surface area contributed by atoms with Crippen molar-refractivity contribution in [1.29, 1.82) is 0 Å². The van der Waals surface area contributed by atoms with Gasteiger partial charge in [0.15, 0.2) is 0 Å². The Morgan fingerprint density at radius 1 is 1.20 bits per heavy atom. The van der Waals surface area contributed by atoms with Gasteiger partial charge in [-0.2, -0.15) is 0 Å². The summed E-state index contributed by atoms with van der Waals surface area (Å²) in [5.41, 5.74) is 0. The molecule has 4 nitrogen and oxygen atoms in total. The highest BCUT2D eigenvalue weighted by molar-refractivity contribution is 5.86. The summed E-state index contributed by atoms with van der Waals surface area (Å²) in [5, 5.41) is 6.39. The fourth-order valence-electron chi connectivity index (χ4n) is 1.12. The van der Waals surface area contributed by atoms with Crippen molar-refractivity contribution in [3.8, 4) is 0 Å². The predicted octanol–water partition coefficient (Wildman–Crippen LogP) is 0.915. The molecule has 0 spiro atoms. The topological polar surface area (TPSA) is 44.4 Å². The van der Waals surface area contributed by atoms with Crippen LogP contribution in [0.1, 0.15) is 26.7 Å². The van der Waals surface area contributed by atoms with Crippen molar-refractivity contribution >= 4 is 5.91 Å². The lowest BCUT2D eigenvalue weighted by molar-refractivity contribution is -0.126. The SMILES string of the molecule is C=CC(=O)N(CNCCC)CNCCC. The van der Waals surface area contributed by atoms with Crippen molar-refractivity contribution < 1.29 is 4.79 Å². The van der Waals surface area contributed by atoms with E-state index < -0.39 is 0 Å². The Morgan fingerprint density at radius 2 is 1.67 bits per heavy atom. The van der Waals surface area contributed by atoms with Crippen LogP contribution in [0.2, 0.25) is 0 Å². The van der Waals surface area contributed by atoms with Crippen LogP contribution in [0.15, 0.2) is 12.7 Å². The van der Waals surface area contributed by atoms with Crippen LogP contribution >= 0.6 is 0 Å². The molecule has 0 saturated carbocycles. The predicted molar refractivity (Wildman–Crippen MR) is 63.4 cm³/mol. The first-order valence-electron chi connectivity index (χ1n) is 5.59. The summed E-state index contributed by atoms with van der Waals surface area (Å²) in [5.74, 6) is -0.0396. The van der Waals surface area contributed by atoms with Gasteiger partial charge in [-0.3, -0.25) is 15.4 Å². The molecule has 0 saturated heterocycles. The van der Waals surface area contributed by atoms with Crippen LogP contribution < -0.4 is 10.6 Å². The standard InChI is InChI=1S/C11H23N3O/c1-4-7-12-9-14(11(15)6-3)10-13-8-5-2/h6,12-13H,3-5,7-10H2,1-2H3. The molecule has 88 valence electrons. The van der Waals surface area contributed by atoms with Crippen molar-refractivity contribution in [3.63, 3.8) is 0 Å². The van der Waals surface area contributed by atoms with Gasteiger partial charge in [0.2, 0.25) is 5.91 Å². The molecule has 0 aromatic rings. The van der Waals surface area contributed by atoms with Gasteiger partial charge in [-0.25, -0.2) is 0 Å². The van der Waals surface area contributed by atoms with E-state index >= 15 is 0 Å². The number of nitrogens with one attached hydrogen (secondary N) is 2. The molecular weight excluding hydrogens is 190 g/mol. The lowest BCUT2D eigenvalue weighted by Crippen LogP contribution is -2.43. The van der Waals surface area contributed by atoms with Crippen LogP contribution in [0.25, 0.3) is 0 Å². The van der Waals surface area contributed by atoms with E-state index in [1.807, 2.05) is 0 Å². The monoisotopic (exact) mass is 213 g/mol. The molecule has 4 heteroatoms. The number of rotatable bonds is 9. The number of hydrogen-bond donors (Lipinski definition) is 2. The van der Waals surface area contributed by atoms with E-state index in [1.54, 1.807) is 4.90 Å². The second-order valence-corrected chi connectivity index (χ2v) is 3.40. The highest BCUT2D eigenvalue weighted by Gasteiger charge is 2.07. The van der Waals surface area contributed by atoms with Gasteiger partial charge in [-0.05, 0) is 32.0 Å². The van der Waals surface area contributed by atoms with E-state index in [2.05, 4.69) is 31.1 Å². The highest BCUT2D eigenvalue weighted by Crippen LogP contribution is 1.87. The number of carbonyl (C=O) groups excluding carboxylic acids is 1. The third-order valence-corrected chi connectivity index (χ3v) is 1.95. The largest absolute Gasteiger partial charge is 0.314 e. The van der Waals surface area contributed by atoms with Gasteiger partial charge in [0.05, 0.1) is 13.3 Å². The first-order valence-corrected chi connectivity index (χ1v) is 5.59. The molecule has 0 bridgehead atoms. The van der Waals surface area contributed by atoms with Gasteiger partial charge in [-0.1, -0.05) is 20.4 Å². The maximum Gasteiger partial charge on any atom is 0.248 e. The summed E-state index contributed by atoms with van der Waals surface area (Å²) in [6.45, 7) is 10.7. The van der Waals surface area contributed by atoms with Crippen molar-refractivity contribution in [2.24, 2.45) is 0 Å². The molecule has 0 unspecified atom stereocenters. The van der Waals surface area contributed by atoms with Crippen molar-refractivity contribution in [2.45, 2.75) is 26.7 Å². The van der Waals surface area contributed by atoms with Crippen molar-refractivity contribution in [2.75, 3.05) is 26.4 Å². The zero-order valence-corrected chi connectivity index (χ0v) is 9.88. The van der Waals surface area contributed by atoms with Gasteiger partial charge < -0.3 is 4.90 Å². The Labute approximate surface area is 92.7 Å². The molecule has 0 fully saturated rings. The summed E-state index contributed by atoms with van der Waals surface area (Å²) < 4.78 is 0. The van der Waals surface area contributed by atoms with Gasteiger partial charge >= 0.3 is 0 Å². The Kier molecular flexibility index (Phi) is 9.11. The summed E-state index contributed by atoms with van der Waals surface area (Å²) in [6, 6.07) is 0. The maximum atomic E-state index is 11.4. The molecule has 0 heterocycles. The maximum absolute atomic E-state index is 11.4. The third-order valence-electron chi connectivity index (χ3n) is 1.95. The first-order chi connectivity index (χ1) is 7.26. The average molecular weight is 213 g/mol. The number of amides is 1. The van der Waals surface area contributed by atoms with Gasteiger partial charge in [-0.15, -0.1) is 0 Å². The second-order valence-electron chi connectivity index (χ2n) is 3.40. The molecule has 0 aromatic heterocycles. The lowest BCUT2D eigenvalue weighted by Gasteiger charge is -2.22. The highest BCUT2D eigenvalue weighted by atomic mass is 16.2. The molecule has 1 amide bonds. The summed E-state index contributed by atoms with van der Waals surface area (Å²) in [6.07, 6.45) is 3.48. The molecule has 0 aliphatic heterocycles. The molecular formula is C11H23N3O. The van der Waals surface area contributed by atoms with Crippen LogP contribution in [-0.2, 0) is 4.79 Å². The van der Waals surface area contributed by atoms with Gasteiger partial charge in [0.1, 0.15) is 0 Å². The zero-order valence-electron chi connectivity index (χ0n) is 9.88. The minimum absolute atomic E-state index is 0.0396. The van der Waals surface area contributed by atoms with Crippen molar-refractivity contribution in [3.05, 3.63) is 12.7 Å². The van der Waals surface area contributed by atoms with E-state index in [-0.39, 0.29) is 5.91 Å². The minimum atomic E-state index is -0.0396. The minimum Gasteiger partial charge on any atom is -0.314 e. The fourth-order valence-corrected chi connectivity index (χ4v) is 1.12. The van der Waals surface area contributed by atoms with E-state index in [0.29, 0.717) is 13.3 Å². The second kappa shape index (κ2) is 9.68. The summed E-state index contributed by atoms with van der Waals surface area (Å²) in [7, 11) is 0. The zero-order chi connectivity index (χ0) is 11.5.